The molecule has 2 N–H and O–H groups in total. The number of rotatable bonds is 6. The van der Waals surface area contributed by atoms with Crippen molar-refractivity contribution in [2.45, 2.75) is 31.0 Å². The highest BCUT2D eigenvalue weighted by molar-refractivity contribution is 5.75. The Labute approximate surface area is 220 Å². The summed E-state index contributed by atoms with van der Waals surface area (Å²) in [6.07, 6.45) is -10.1. The molecule has 0 unspecified atom stereocenters. The molecule has 39 heavy (non-hydrogen) atoms. The van der Waals surface area contributed by atoms with Crippen LogP contribution in [0, 0.1) is 0 Å². The van der Waals surface area contributed by atoms with Crippen molar-refractivity contribution in [3.63, 3.8) is 0 Å². The number of piperazine rings is 1. The van der Waals surface area contributed by atoms with E-state index in [2.05, 4.69) is 31.9 Å². The lowest BCUT2D eigenvalue weighted by Gasteiger charge is -2.34. The normalized spacial score (nSPS) is 16.2. The van der Waals surface area contributed by atoms with Crippen LogP contribution in [0.4, 0.5) is 26.3 Å². The molecule has 4 aromatic rings. The molecule has 1 saturated heterocycles. The van der Waals surface area contributed by atoms with E-state index in [0.717, 1.165) is 68.0 Å². The summed E-state index contributed by atoms with van der Waals surface area (Å²) in [5.74, 6) is 0. The molecular weight excluding hydrogens is 522 g/mol. The number of imidazole rings is 1. The van der Waals surface area contributed by atoms with Crippen LogP contribution < -0.4 is 0 Å². The fourth-order valence-corrected chi connectivity index (χ4v) is 4.90. The lowest BCUT2D eigenvalue weighted by molar-refractivity contribution is -0.376. The lowest BCUT2D eigenvalue weighted by Crippen LogP contribution is -2.53. The van der Waals surface area contributed by atoms with Crippen molar-refractivity contribution < 1.29 is 31.4 Å². The Morgan fingerprint density at radius 3 is 1.72 bits per heavy atom. The van der Waals surface area contributed by atoms with Crippen LogP contribution >= 0.6 is 0 Å². The molecule has 1 aliphatic heterocycles. The van der Waals surface area contributed by atoms with Gasteiger partial charge >= 0.3 is 12.4 Å². The summed E-state index contributed by atoms with van der Waals surface area (Å²) < 4.78 is 78.8. The zero-order valence-corrected chi connectivity index (χ0v) is 20.7. The van der Waals surface area contributed by atoms with Crippen molar-refractivity contribution in [1.29, 1.82) is 0 Å². The van der Waals surface area contributed by atoms with Gasteiger partial charge in [-0.2, -0.15) is 26.3 Å². The topological polar surface area (TPSA) is 55.4 Å². The number of alkyl halides is 6. The van der Waals surface area contributed by atoms with Crippen LogP contribution in [0.15, 0.2) is 73.1 Å². The average Bonchev–Trinajstić information content (AvgIpc) is 3.37. The van der Waals surface area contributed by atoms with Gasteiger partial charge in [-0.3, -0.25) is 9.80 Å². The van der Waals surface area contributed by atoms with Gasteiger partial charge in [-0.05, 0) is 34.4 Å². The van der Waals surface area contributed by atoms with Crippen molar-refractivity contribution in [2.75, 3.05) is 26.2 Å². The minimum atomic E-state index is -5.91. The summed E-state index contributed by atoms with van der Waals surface area (Å²) in [7, 11) is 0. The Bertz CT molecular complexity index is 1390. The number of hydrogen-bond acceptors (Lipinski definition) is 4. The second-order valence-electron chi connectivity index (χ2n) is 9.79. The highest BCUT2D eigenvalue weighted by Crippen LogP contribution is 2.50. The molecule has 0 spiro atoms. The predicted octanol–water partition coefficient (Wildman–Crippen LogP) is 5.86. The summed E-state index contributed by atoms with van der Waals surface area (Å²) in [6, 6.07) is 17.2. The third-order valence-electron chi connectivity index (χ3n) is 7.17. The Balaban J connectivity index is 1.17. The molecule has 2 heterocycles. The zero-order chi connectivity index (χ0) is 27.8. The van der Waals surface area contributed by atoms with E-state index in [4.69, 9.17) is 0 Å². The second-order valence-corrected chi connectivity index (χ2v) is 9.79. The van der Waals surface area contributed by atoms with Gasteiger partial charge in [0.2, 0.25) is 0 Å². The number of aromatic amines is 1. The van der Waals surface area contributed by atoms with Gasteiger partial charge in [-0.15, -0.1) is 0 Å². The molecule has 0 radical (unpaired) electrons. The summed E-state index contributed by atoms with van der Waals surface area (Å²) in [6.45, 7) is 5.24. The summed E-state index contributed by atoms with van der Waals surface area (Å²) in [5.41, 5.74) is -0.868. The second kappa shape index (κ2) is 10.3. The van der Waals surface area contributed by atoms with E-state index in [1.807, 2.05) is 18.2 Å². The molecule has 0 atom stereocenters. The molecule has 5 rings (SSSR count). The van der Waals surface area contributed by atoms with Crippen LogP contribution in [0.1, 0.15) is 16.7 Å². The monoisotopic (exact) mass is 548 g/mol. The summed E-state index contributed by atoms with van der Waals surface area (Å²) >= 11 is 0. The van der Waals surface area contributed by atoms with E-state index in [0.29, 0.717) is 23.3 Å². The van der Waals surface area contributed by atoms with Gasteiger partial charge < -0.3 is 10.1 Å². The molecule has 1 aliphatic rings. The Morgan fingerprint density at radius 1 is 0.692 bits per heavy atom. The van der Waals surface area contributed by atoms with Crippen LogP contribution in [-0.4, -0.2) is 63.4 Å². The first-order valence-corrected chi connectivity index (χ1v) is 12.4. The molecule has 1 aromatic heterocycles. The van der Waals surface area contributed by atoms with Gasteiger partial charge in [0.25, 0.3) is 5.60 Å². The fourth-order valence-electron chi connectivity index (χ4n) is 4.90. The minimum absolute atomic E-state index is 0.443. The van der Waals surface area contributed by atoms with Gasteiger partial charge in [-0.25, -0.2) is 4.98 Å². The minimum Gasteiger partial charge on any atom is -0.369 e. The summed E-state index contributed by atoms with van der Waals surface area (Å²) in [5, 5.41) is 9.57. The van der Waals surface area contributed by atoms with Crippen LogP contribution in [0.25, 0.3) is 22.2 Å². The molecule has 0 saturated carbocycles. The number of aromatic nitrogens is 2. The van der Waals surface area contributed by atoms with Crippen LogP contribution in [0.5, 0.6) is 0 Å². The maximum atomic E-state index is 13.1. The molecule has 206 valence electrons. The van der Waals surface area contributed by atoms with E-state index < -0.39 is 23.5 Å². The smallest absolute Gasteiger partial charge is 0.369 e. The molecule has 5 nitrogen and oxygen atoms in total. The summed E-state index contributed by atoms with van der Waals surface area (Å²) in [4.78, 5) is 12.1. The Morgan fingerprint density at radius 2 is 1.18 bits per heavy atom. The fraction of sp³-hybridized carbons (Fsp3) is 0.321. The van der Waals surface area contributed by atoms with Crippen molar-refractivity contribution in [3.05, 3.63) is 89.7 Å². The number of nitrogens with one attached hydrogen (secondary N) is 1. The maximum absolute atomic E-state index is 13.1. The third kappa shape index (κ3) is 5.52. The zero-order valence-electron chi connectivity index (χ0n) is 20.7. The van der Waals surface area contributed by atoms with Crippen molar-refractivity contribution >= 4 is 11.0 Å². The Hall–Kier alpha value is -3.41. The quantitative estimate of drug-likeness (QED) is 0.297. The molecule has 11 heteroatoms. The highest BCUT2D eigenvalue weighted by atomic mass is 19.4. The first-order chi connectivity index (χ1) is 18.4. The lowest BCUT2D eigenvalue weighted by atomic mass is 9.90. The van der Waals surface area contributed by atoms with Gasteiger partial charge in [-0.1, -0.05) is 54.6 Å². The average molecular weight is 549 g/mol. The number of aliphatic hydroxyl groups is 1. The largest absolute Gasteiger partial charge is 0.430 e. The van der Waals surface area contributed by atoms with E-state index in [-0.39, 0.29) is 0 Å². The number of nitrogens with zero attached hydrogens (tertiary/aromatic N) is 3. The van der Waals surface area contributed by atoms with Crippen LogP contribution in [0.2, 0.25) is 0 Å². The molecule has 0 aliphatic carbocycles. The third-order valence-corrected chi connectivity index (χ3v) is 7.17. The van der Waals surface area contributed by atoms with Crippen LogP contribution in [0.3, 0.4) is 0 Å². The van der Waals surface area contributed by atoms with Gasteiger partial charge in [0, 0.05) is 44.8 Å². The van der Waals surface area contributed by atoms with Crippen molar-refractivity contribution in [3.8, 4) is 11.1 Å². The van der Waals surface area contributed by atoms with Crippen molar-refractivity contribution in [1.82, 2.24) is 19.8 Å². The number of halogens is 6. The van der Waals surface area contributed by atoms with E-state index in [9.17, 15) is 31.4 Å². The molecule has 0 amide bonds. The number of hydrogen-bond donors (Lipinski definition) is 2. The Kier molecular flexibility index (Phi) is 7.17. The van der Waals surface area contributed by atoms with E-state index >= 15 is 0 Å². The SMILES string of the molecule is OC(c1ccc(-c2ccc(CN3CCN(Cc4ccc5nc[nH]c5c4)CC3)cc2)cc1)(C(F)(F)F)C(F)(F)F. The van der Waals surface area contributed by atoms with Crippen molar-refractivity contribution in [2.24, 2.45) is 0 Å². The highest BCUT2D eigenvalue weighted by Gasteiger charge is 2.71. The number of H-pyrrole nitrogens is 1. The molecular formula is C28H26F6N4O. The van der Waals surface area contributed by atoms with Gasteiger partial charge in [0.05, 0.1) is 17.4 Å². The standard InChI is InChI=1S/C28H26F6N4O/c29-27(30,31)26(39,28(32,33)34)23-8-6-22(7-9-23)21-4-1-19(2-5-21)16-37-11-13-38(14-12-37)17-20-3-10-24-25(15-20)36-18-35-24/h1-10,15,18,39H,11-14,16-17H2,(H,35,36). The number of benzene rings is 3. The van der Waals surface area contributed by atoms with Gasteiger partial charge in [0.15, 0.2) is 0 Å². The molecule has 1 fully saturated rings. The first-order valence-electron chi connectivity index (χ1n) is 12.4. The predicted molar refractivity (Wildman–Crippen MR) is 135 cm³/mol. The van der Waals surface area contributed by atoms with E-state index in [1.54, 1.807) is 18.5 Å². The van der Waals surface area contributed by atoms with E-state index in [1.165, 1.54) is 5.56 Å². The van der Waals surface area contributed by atoms with Crippen LogP contribution in [-0.2, 0) is 18.7 Å². The maximum Gasteiger partial charge on any atom is 0.430 e. The molecule has 0 bridgehead atoms. The molecule has 3 aromatic carbocycles. The number of fused-ring (bicyclic) bond motifs is 1. The first kappa shape index (κ1) is 27.2. The van der Waals surface area contributed by atoms with Gasteiger partial charge in [0.1, 0.15) is 0 Å².